The lowest BCUT2D eigenvalue weighted by Crippen LogP contribution is -1.86. The topological polar surface area (TPSA) is 23.8 Å². The van der Waals surface area contributed by atoms with Crippen molar-refractivity contribution in [2.24, 2.45) is 0 Å². The third kappa shape index (κ3) is 9.10. The van der Waals surface area contributed by atoms with Gasteiger partial charge in [-0.3, -0.25) is 0 Å². The molecule has 24 heavy (non-hydrogen) atoms. The van der Waals surface area contributed by atoms with Crippen LogP contribution < -0.4 is 0 Å². The second-order valence-electron chi connectivity index (χ2n) is 4.59. The molecular formula is C21H18FNS. The van der Waals surface area contributed by atoms with Crippen LogP contribution >= 0.6 is 12.6 Å². The van der Waals surface area contributed by atoms with Gasteiger partial charge in [0, 0.05) is 22.3 Å². The van der Waals surface area contributed by atoms with Gasteiger partial charge in [0.05, 0.1) is 6.07 Å². The number of hydrogen-bond donors (Lipinski definition) is 1. The molecule has 0 saturated heterocycles. The van der Waals surface area contributed by atoms with E-state index in [-0.39, 0.29) is 16.7 Å². The molecule has 0 fully saturated rings. The van der Waals surface area contributed by atoms with E-state index in [9.17, 15) is 4.39 Å². The van der Waals surface area contributed by atoms with Gasteiger partial charge >= 0.3 is 0 Å². The predicted octanol–water partition coefficient (Wildman–Crippen LogP) is 5.70. The zero-order valence-corrected chi connectivity index (χ0v) is 14.3. The van der Waals surface area contributed by atoms with Crippen LogP contribution in [0.4, 0.5) is 4.39 Å². The minimum atomic E-state index is -0.590. The zero-order chi connectivity index (χ0) is 18.7. The molecule has 0 saturated carbocycles. The van der Waals surface area contributed by atoms with Crippen molar-refractivity contribution >= 4 is 12.6 Å². The average Bonchev–Trinajstić information content (AvgIpc) is 2.54. The Labute approximate surface area is 149 Å². The van der Waals surface area contributed by atoms with Crippen LogP contribution in [0.15, 0.2) is 108 Å². The summed E-state index contributed by atoms with van der Waals surface area (Å²) in [5.41, 5.74) is 1.49. The van der Waals surface area contributed by atoms with Crippen LogP contribution in [-0.4, -0.2) is 0 Å². The summed E-state index contributed by atoms with van der Waals surface area (Å²) in [5.74, 6) is 4.76. The molecule has 0 spiro atoms. The Morgan fingerprint density at radius 1 is 0.833 bits per heavy atom. The lowest BCUT2D eigenvalue weighted by atomic mass is 10.1. The number of nitriles is 1. The summed E-state index contributed by atoms with van der Waals surface area (Å²) in [7, 11) is 0. The fourth-order valence-electron chi connectivity index (χ4n) is 1.17. The molecule has 0 aromatic carbocycles. The minimum absolute atomic E-state index is 0.118. The first-order valence-corrected chi connectivity index (χ1v) is 7.10. The van der Waals surface area contributed by atoms with Crippen LogP contribution in [0.25, 0.3) is 0 Å². The van der Waals surface area contributed by atoms with Gasteiger partial charge in [-0.2, -0.15) is 5.26 Å². The summed E-state index contributed by atoms with van der Waals surface area (Å²) in [5, 5.41) is 8.57. The van der Waals surface area contributed by atoms with Crippen molar-refractivity contribution in [1.82, 2.24) is 0 Å². The van der Waals surface area contributed by atoms with E-state index >= 15 is 0 Å². The van der Waals surface area contributed by atoms with Crippen LogP contribution in [0.1, 0.15) is 0 Å². The summed E-state index contributed by atoms with van der Waals surface area (Å²) in [6.07, 6.45) is 7.35. The molecule has 3 heteroatoms. The molecule has 1 nitrogen and oxygen atoms in total. The van der Waals surface area contributed by atoms with Crippen LogP contribution in [0.3, 0.4) is 0 Å². The quantitative estimate of drug-likeness (QED) is 0.274. The predicted molar refractivity (Wildman–Crippen MR) is 105 cm³/mol. The van der Waals surface area contributed by atoms with Crippen molar-refractivity contribution < 1.29 is 4.39 Å². The van der Waals surface area contributed by atoms with E-state index in [2.05, 4.69) is 63.9 Å². The molecule has 0 aromatic rings. The molecule has 0 atom stereocenters. The molecule has 0 heterocycles. The molecule has 120 valence electrons. The first-order chi connectivity index (χ1) is 11.2. The normalized spacial score (nSPS) is 10.6. The molecular weight excluding hydrogens is 317 g/mol. The van der Waals surface area contributed by atoms with Gasteiger partial charge in [-0.05, 0) is 34.8 Å². The Hall–Kier alpha value is -3.01. The van der Waals surface area contributed by atoms with Gasteiger partial charge in [0.15, 0.2) is 0 Å². The first-order valence-electron chi connectivity index (χ1n) is 6.66. The second-order valence-corrected chi connectivity index (χ2v) is 5.17. The maximum absolute atomic E-state index is 14.1. The summed E-state index contributed by atoms with van der Waals surface area (Å²) >= 11 is 4.00. The number of allylic oxidation sites excluding steroid dienone is 11. The lowest BCUT2D eigenvalue weighted by Gasteiger charge is -2.02. The van der Waals surface area contributed by atoms with E-state index < -0.39 is 5.83 Å². The molecule has 0 radical (unpaired) electrons. The maximum atomic E-state index is 14.1. The van der Waals surface area contributed by atoms with E-state index in [4.69, 9.17) is 5.26 Å². The molecule has 0 aliphatic rings. The fourth-order valence-corrected chi connectivity index (χ4v) is 1.24. The number of thiol groups is 1. The van der Waals surface area contributed by atoms with Crippen molar-refractivity contribution in [3.63, 3.8) is 0 Å². The van der Waals surface area contributed by atoms with E-state index in [1.807, 2.05) is 6.07 Å². The van der Waals surface area contributed by atoms with E-state index in [1.165, 1.54) is 6.08 Å². The Bertz CT molecular complexity index is 799. The van der Waals surface area contributed by atoms with Gasteiger partial charge in [0.1, 0.15) is 5.83 Å². The van der Waals surface area contributed by atoms with E-state index in [0.29, 0.717) is 16.1 Å². The lowest BCUT2D eigenvalue weighted by molar-refractivity contribution is 0.656. The highest BCUT2D eigenvalue weighted by atomic mass is 32.1. The molecule has 0 bridgehead atoms. The Morgan fingerprint density at radius 3 is 1.92 bits per heavy atom. The Morgan fingerprint density at radius 2 is 1.38 bits per heavy atom. The molecule has 0 unspecified atom stereocenters. The van der Waals surface area contributed by atoms with Gasteiger partial charge in [-0.25, -0.2) is 4.39 Å². The van der Waals surface area contributed by atoms with Crippen molar-refractivity contribution in [3.05, 3.63) is 108 Å². The third-order valence-electron chi connectivity index (χ3n) is 2.47. The van der Waals surface area contributed by atoms with Gasteiger partial charge in [0.25, 0.3) is 0 Å². The summed E-state index contributed by atoms with van der Waals surface area (Å²) < 4.78 is 14.1. The van der Waals surface area contributed by atoms with Crippen molar-refractivity contribution in [1.29, 1.82) is 5.26 Å². The third-order valence-corrected chi connectivity index (χ3v) is 2.62. The van der Waals surface area contributed by atoms with Crippen molar-refractivity contribution in [3.8, 4) is 17.9 Å². The summed E-state index contributed by atoms with van der Waals surface area (Å²) in [4.78, 5) is 0.522. The monoisotopic (exact) mass is 335 g/mol. The standard InChI is InChI=1S/C21H18FNS/c1-15(8-10-17(3)14-23)7-9-16(2)13-21(22)20(6)18(4)11-12-19(5)24/h8,10-13,24H,1-6H2/b10-8-,12-11-,21-13+. The van der Waals surface area contributed by atoms with Crippen molar-refractivity contribution in [2.75, 3.05) is 0 Å². The van der Waals surface area contributed by atoms with E-state index in [1.54, 1.807) is 18.2 Å². The van der Waals surface area contributed by atoms with Crippen LogP contribution in [-0.2, 0) is 0 Å². The summed E-state index contributed by atoms with van der Waals surface area (Å²) in [6.45, 7) is 21.8. The largest absolute Gasteiger partial charge is 0.206 e. The Balaban J connectivity index is 4.95. The molecule has 0 aliphatic carbocycles. The second kappa shape index (κ2) is 10.7. The minimum Gasteiger partial charge on any atom is -0.206 e. The molecule has 0 N–H and O–H groups in total. The number of rotatable bonds is 7. The average molecular weight is 335 g/mol. The number of halogens is 1. The highest BCUT2D eigenvalue weighted by Gasteiger charge is 2.04. The van der Waals surface area contributed by atoms with Gasteiger partial charge in [-0.1, -0.05) is 57.4 Å². The SMILES string of the molecule is C=C(S)/C=C\C(=C)C(=C)/C(F)=C\C(=C)C#CC(=C)/C=C\C(=C)C#N. The maximum Gasteiger partial charge on any atom is 0.131 e. The highest BCUT2D eigenvalue weighted by molar-refractivity contribution is 7.84. The highest BCUT2D eigenvalue weighted by Crippen LogP contribution is 2.20. The zero-order valence-electron chi connectivity index (χ0n) is 13.4. The molecule has 0 aromatic heterocycles. The molecule has 0 aliphatic heterocycles. The van der Waals surface area contributed by atoms with Gasteiger partial charge < -0.3 is 0 Å². The fraction of sp³-hybridized carbons (Fsp3) is 0. The summed E-state index contributed by atoms with van der Waals surface area (Å²) in [6, 6.07) is 1.87. The van der Waals surface area contributed by atoms with Crippen LogP contribution in [0.2, 0.25) is 0 Å². The smallest absolute Gasteiger partial charge is 0.131 e. The number of hydrogen-bond acceptors (Lipinski definition) is 2. The number of nitrogens with zero attached hydrogens (tertiary/aromatic N) is 1. The van der Waals surface area contributed by atoms with Crippen molar-refractivity contribution in [2.45, 2.75) is 0 Å². The first kappa shape index (κ1) is 21.0. The van der Waals surface area contributed by atoms with E-state index in [0.717, 1.165) is 6.08 Å². The van der Waals surface area contributed by atoms with Crippen LogP contribution in [0.5, 0.6) is 0 Å². The van der Waals surface area contributed by atoms with Gasteiger partial charge in [-0.15, -0.1) is 12.6 Å². The Kier molecular flexibility index (Phi) is 9.33. The van der Waals surface area contributed by atoms with Gasteiger partial charge in [0.2, 0.25) is 0 Å². The molecule has 0 amide bonds. The van der Waals surface area contributed by atoms with Crippen LogP contribution in [0, 0.1) is 23.2 Å². The molecule has 0 rings (SSSR count).